The zero-order chi connectivity index (χ0) is 19.6. The van der Waals surface area contributed by atoms with Gasteiger partial charge in [-0.3, -0.25) is 9.59 Å². The Labute approximate surface area is 158 Å². The molecule has 1 aliphatic heterocycles. The van der Waals surface area contributed by atoms with Gasteiger partial charge in [0.15, 0.2) is 11.8 Å². The average Bonchev–Trinajstić information content (AvgIpc) is 2.66. The molecule has 2 aromatic carbocycles. The van der Waals surface area contributed by atoms with Gasteiger partial charge in [0.25, 0.3) is 5.91 Å². The molecule has 8 heteroatoms. The second kappa shape index (κ2) is 7.50. The van der Waals surface area contributed by atoms with Crippen LogP contribution in [0.15, 0.2) is 53.4 Å². The van der Waals surface area contributed by atoms with Crippen LogP contribution in [0.1, 0.15) is 23.7 Å². The predicted octanol–water partition coefficient (Wildman–Crippen LogP) is 2.30. The van der Waals surface area contributed by atoms with Crippen molar-refractivity contribution in [2.24, 2.45) is 0 Å². The molecule has 7 nitrogen and oxygen atoms in total. The van der Waals surface area contributed by atoms with E-state index in [1.54, 1.807) is 43.3 Å². The van der Waals surface area contributed by atoms with E-state index in [4.69, 9.17) is 4.74 Å². The number of nitrogens with one attached hydrogen (secondary N) is 1. The number of methoxy groups -OCH3 is 1. The number of hydrogen-bond acceptors (Lipinski definition) is 5. The van der Waals surface area contributed by atoms with E-state index in [2.05, 4.69) is 5.32 Å². The Morgan fingerprint density at radius 1 is 1.19 bits per heavy atom. The number of benzene rings is 2. The minimum Gasteiger partial charge on any atom is -0.497 e. The van der Waals surface area contributed by atoms with E-state index in [0.717, 1.165) is 4.31 Å². The first kappa shape index (κ1) is 19.1. The summed E-state index contributed by atoms with van der Waals surface area (Å²) in [4.78, 5) is 25.8. The average molecular weight is 388 g/mol. The fraction of sp³-hybridized carbons (Fsp3) is 0.263. The topological polar surface area (TPSA) is 92.8 Å². The van der Waals surface area contributed by atoms with Crippen molar-refractivity contribution in [1.29, 1.82) is 0 Å². The van der Waals surface area contributed by atoms with E-state index in [-0.39, 0.29) is 17.0 Å². The molecule has 27 heavy (non-hydrogen) atoms. The van der Waals surface area contributed by atoms with E-state index >= 15 is 0 Å². The normalized spacial score (nSPS) is 18.6. The SMILES string of the molecule is CCCN1C(C(=O)Nc2cccc(OC)c2)C(=O)c2ccccc2S1(=O)=O. The molecule has 0 aliphatic carbocycles. The Morgan fingerprint density at radius 2 is 1.93 bits per heavy atom. The summed E-state index contributed by atoms with van der Waals surface area (Å²) < 4.78 is 32.1. The molecule has 1 heterocycles. The quantitative estimate of drug-likeness (QED) is 0.794. The van der Waals surface area contributed by atoms with Crippen LogP contribution in [0.4, 0.5) is 5.69 Å². The van der Waals surface area contributed by atoms with Crippen LogP contribution in [0, 0.1) is 0 Å². The van der Waals surface area contributed by atoms with Crippen LogP contribution in [0.25, 0.3) is 0 Å². The van der Waals surface area contributed by atoms with Gasteiger partial charge in [-0.25, -0.2) is 8.42 Å². The summed E-state index contributed by atoms with van der Waals surface area (Å²) in [6.45, 7) is 1.86. The molecule has 1 atom stereocenters. The van der Waals surface area contributed by atoms with Gasteiger partial charge in [0, 0.05) is 23.9 Å². The van der Waals surface area contributed by atoms with Crippen molar-refractivity contribution < 1.29 is 22.7 Å². The molecule has 1 unspecified atom stereocenters. The number of amides is 1. The summed E-state index contributed by atoms with van der Waals surface area (Å²) in [6.07, 6.45) is 0.470. The molecule has 0 spiro atoms. The number of fused-ring (bicyclic) bond motifs is 1. The summed E-state index contributed by atoms with van der Waals surface area (Å²) in [7, 11) is -2.45. The van der Waals surface area contributed by atoms with Gasteiger partial charge in [0.2, 0.25) is 10.0 Å². The van der Waals surface area contributed by atoms with E-state index in [1.165, 1.54) is 19.2 Å². The van der Waals surface area contributed by atoms with Crippen molar-refractivity contribution >= 4 is 27.4 Å². The Hall–Kier alpha value is -2.71. The van der Waals surface area contributed by atoms with Gasteiger partial charge in [-0.05, 0) is 30.7 Å². The Kier molecular flexibility index (Phi) is 5.29. The number of hydrogen-bond donors (Lipinski definition) is 1. The second-order valence-electron chi connectivity index (χ2n) is 6.10. The third-order valence-electron chi connectivity index (χ3n) is 4.31. The second-order valence-corrected chi connectivity index (χ2v) is 7.96. The predicted molar refractivity (Wildman–Crippen MR) is 100 cm³/mol. The maximum Gasteiger partial charge on any atom is 0.250 e. The Morgan fingerprint density at radius 3 is 2.63 bits per heavy atom. The minimum absolute atomic E-state index is 0.0376. The fourth-order valence-corrected chi connectivity index (χ4v) is 4.91. The molecule has 0 aromatic heterocycles. The van der Waals surface area contributed by atoms with Gasteiger partial charge < -0.3 is 10.1 Å². The van der Waals surface area contributed by atoms with E-state index < -0.39 is 27.8 Å². The smallest absolute Gasteiger partial charge is 0.250 e. The first-order valence-electron chi connectivity index (χ1n) is 8.50. The number of nitrogens with zero attached hydrogens (tertiary/aromatic N) is 1. The van der Waals surface area contributed by atoms with Crippen LogP contribution in [0.3, 0.4) is 0 Å². The van der Waals surface area contributed by atoms with Crippen molar-refractivity contribution in [2.75, 3.05) is 19.0 Å². The van der Waals surface area contributed by atoms with Gasteiger partial charge >= 0.3 is 0 Å². The summed E-state index contributed by atoms with van der Waals surface area (Å²) in [6, 6.07) is 11.2. The zero-order valence-corrected chi connectivity index (χ0v) is 15.8. The van der Waals surface area contributed by atoms with Gasteiger partial charge in [-0.2, -0.15) is 4.31 Å². The Bertz CT molecular complexity index is 987. The summed E-state index contributed by atoms with van der Waals surface area (Å²) in [5, 5.41) is 2.63. The van der Waals surface area contributed by atoms with Crippen molar-refractivity contribution in [2.45, 2.75) is 24.3 Å². The number of ketones is 1. The van der Waals surface area contributed by atoms with Crippen molar-refractivity contribution in [3.8, 4) is 5.75 Å². The molecule has 1 aliphatic rings. The van der Waals surface area contributed by atoms with Crippen molar-refractivity contribution in [3.63, 3.8) is 0 Å². The number of Topliss-reactive ketones (excluding diaryl/α,β-unsaturated/α-hetero) is 1. The lowest BCUT2D eigenvalue weighted by molar-refractivity contribution is -0.118. The highest BCUT2D eigenvalue weighted by Crippen LogP contribution is 2.31. The lowest BCUT2D eigenvalue weighted by Gasteiger charge is -2.33. The van der Waals surface area contributed by atoms with Gasteiger partial charge in [-0.1, -0.05) is 25.1 Å². The first-order chi connectivity index (χ1) is 12.9. The first-order valence-corrected chi connectivity index (χ1v) is 9.94. The highest BCUT2D eigenvalue weighted by atomic mass is 32.2. The third-order valence-corrected chi connectivity index (χ3v) is 6.23. The lowest BCUT2D eigenvalue weighted by Crippen LogP contribution is -2.55. The lowest BCUT2D eigenvalue weighted by atomic mass is 10.0. The fourth-order valence-electron chi connectivity index (χ4n) is 3.07. The molecule has 1 N–H and O–H groups in total. The molecule has 3 rings (SSSR count). The van der Waals surface area contributed by atoms with E-state index in [9.17, 15) is 18.0 Å². The molecule has 0 saturated heterocycles. The van der Waals surface area contributed by atoms with Gasteiger partial charge in [-0.15, -0.1) is 0 Å². The van der Waals surface area contributed by atoms with Gasteiger partial charge in [0.05, 0.1) is 12.0 Å². The number of carbonyl (C=O) groups is 2. The standard InChI is InChI=1S/C19H20N2O5S/c1-3-11-21-17(19(23)20-13-7-6-8-14(12-13)26-2)18(22)15-9-4-5-10-16(15)27(21,24)25/h4-10,12,17H,3,11H2,1-2H3,(H,20,23). The van der Waals surface area contributed by atoms with Crippen LogP contribution in [-0.4, -0.2) is 44.1 Å². The number of rotatable bonds is 5. The van der Waals surface area contributed by atoms with Crippen molar-refractivity contribution in [3.05, 3.63) is 54.1 Å². The van der Waals surface area contributed by atoms with Crippen LogP contribution in [0.5, 0.6) is 5.75 Å². The molecule has 0 saturated carbocycles. The highest BCUT2D eigenvalue weighted by molar-refractivity contribution is 7.89. The van der Waals surface area contributed by atoms with E-state index in [0.29, 0.717) is 17.9 Å². The number of anilines is 1. The molecule has 1 amide bonds. The molecular formula is C19H20N2O5S. The van der Waals surface area contributed by atoms with E-state index in [1.807, 2.05) is 0 Å². The molecule has 2 aromatic rings. The van der Waals surface area contributed by atoms with Crippen LogP contribution in [-0.2, 0) is 14.8 Å². The van der Waals surface area contributed by atoms with Crippen molar-refractivity contribution in [1.82, 2.24) is 4.31 Å². The number of sulfonamides is 1. The number of carbonyl (C=O) groups excluding carboxylic acids is 2. The molecule has 0 radical (unpaired) electrons. The maximum atomic E-state index is 13.0. The Balaban J connectivity index is 2.01. The van der Waals surface area contributed by atoms with Crippen LogP contribution < -0.4 is 10.1 Å². The number of ether oxygens (including phenoxy) is 1. The highest BCUT2D eigenvalue weighted by Gasteiger charge is 2.46. The largest absolute Gasteiger partial charge is 0.497 e. The molecule has 142 valence electrons. The monoisotopic (exact) mass is 388 g/mol. The maximum absolute atomic E-state index is 13.0. The zero-order valence-electron chi connectivity index (χ0n) is 15.0. The summed E-state index contributed by atoms with van der Waals surface area (Å²) >= 11 is 0. The van der Waals surface area contributed by atoms with Crippen LogP contribution >= 0.6 is 0 Å². The molecule has 0 bridgehead atoms. The summed E-state index contributed by atoms with van der Waals surface area (Å²) in [5.74, 6) is -0.694. The third kappa shape index (κ3) is 3.45. The van der Waals surface area contributed by atoms with Crippen LogP contribution in [0.2, 0.25) is 0 Å². The minimum atomic E-state index is -3.95. The van der Waals surface area contributed by atoms with Gasteiger partial charge in [0.1, 0.15) is 5.75 Å². The summed E-state index contributed by atoms with van der Waals surface area (Å²) in [5.41, 5.74) is 0.454. The molecule has 0 fully saturated rings. The molecular weight excluding hydrogens is 368 g/mol.